The zero-order valence-corrected chi connectivity index (χ0v) is 24.0. The fourth-order valence-corrected chi connectivity index (χ4v) is 5.81. The van der Waals surface area contributed by atoms with Gasteiger partial charge in [0.05, 0.1) is 10.0 Å². The van der Waals surface area contributed by atoms with E-state index in [-0.39, 0.29) is 0 Å². The summed E-state index contributed by atoms with van der Waals surface area (Å²) in [5.74, 6) is 1.58. The molecule has 9 heteroatoms. The highest BCUT2D eigenvalue weighted by Crippen LogP contribution is 2.39. The Morgan fingerprint density at radius 3 is 2.51 bits per heavy atom. The minimum atomic E-state index is 0.328. The Morgan fingerprint density at radius 2 is 1.74 bits per heavy atom. The van der Waals surface area contributed by atoms with Gasteiger partial charge in [-0.1, -0.05) is 83.4 Å². The number of ether oxygens (including phenoxy) is 1. The molecule has 0 unspecified atom stereocenters. The molecular weight excluding hydrogens is 571 g/mol. The number of thiocarbonyl (C=S) groups is 1. The third-order valence-corrected chi connectivity index (χ3v) is 8.29. The molecule has 6 rings (SSSR count). The summed E-state index contributed by atoms with van der Waals surface area (Å²) in [6.07, 6.45) is 3.00. The highest BCUT2D eigenvalue weighted by Gasteiger charge is 2.29. The van der Waals surface area contributed by atoms with Gasteiger partial charge in [-0.15, -0.1) is 5.10 Å². The maximum Gasteiger partial charge on any atom is 0.169 e. The predicted molar refractivity (Wildman–Crippen MR) is 162 cm³/mol. The Hall–Kier alpha value is -3.03. The van der Waals surface area contributed by atoms with Gasteiger partial charge in [0.1, 0.15) is 28.7 Å². The molecule has 0 saturated carbocycles. The van der Waals surface area contributed by atoms with Crippen molar-refractivity contribution in [3.05, 3.63) is 111 Å². The Labute approximate surface area is 247 Å². The van der Waals surface area contributed by atoms with E-state index in [9.17, 15) is 0 Å². The molecule has 0 aliphatic carbocycles. The van der Waals surface area contributed by atoms with E-state index in [4.69, 9.17) is 56.9 Å². The fraction of sp³-hybridized carbons (Fsp3) is 0.200. The normalized spacial score (nSPS) is 12.9. The van der Waals surface area contributed by atoms with Crippen molar-refractivity contribution in [2.24, 2.45) is 0 Å². The first-order valence-corrected chi connectivity index (χ1v) is 14.3. The van der Waals surface area contributed by atoms with Gasteiger partial charge in [0.2, 0.25) is 0 Å². The van der Waals surface area contributed by atoms with Crippen molar-refractivity contribution < 1.29 is 4.74 Å². The average Bonchev–Trinajstić information content (AvgIpc) is 3.35. The lowest BCUT2D eigenvalue weighted by atomic mass is 9.98. The monoisotopic (exact) mass is 594 g/mol. The molecule has 5 nitrogen and oxygen atoms in total. The van der Waals surface area contributed by atoms with Crippen LogP contribution in [0.5, 0.6) is 5.75 Å². The molecule has 0 amide bonds. The van der Waals surface area contributed by atoms with Crippen LogP contribution >= 0.6 is 47.0 Å². The quantitative estimate of drug-likeness (QED) is 0.193. The Kier molecular flexibility index (Phi) is 7.54. The Balaban J connectivity index is 1.46. The maximum atomic E-state index is 6.48. The van der Waals surface area contributed by atoms with Crippen LogP contribution in [0.4, 0.5) is 0 Å². The van der Waals surface area contributed by atoms with Crippen LogP contribution in [0.3, 0.4) is 0 Å². The van der Waals surface area contributed by atoms with E-state index in [0.29, 0.717) is 33.2 Å². The van der Waals surface area contributed by atoms with Gasteiger partial charge in [0, 0.05) is 29.2 Å². The van der Waals surface area contributed by atoms with E-state index in [1.165, 1.54) is 5.56 Å². The average molecular weight is 596 g/mol. The minimum Gasteiger partial charge on any atom is -0.486 e. The molecule has 0 spiro atoms. The highest BCUT2D eigenvalue weighted by molar-refractivity contribution is 7.80. The second kappa shape index (κ2) is 11.2. The largest absolute Gasteiger partial charge is 0.486 e. The van der Waals surface area contributed by atoms with Crippen LogP contribution in [0.25, 0.3) is 16.8 Å². The van der Waals surface area contributed by atoms with Gasteiger partial charge < -0.3 is 14.6 Å². The first-order valence-electron chi connectivity index (χ1n) is 12.8. The van der Waals surface area contributed by atoms with E-state index in [2.05, 4.69) is 22.0 Å². The van der Waals surface area contributed by atoms with Crippen molar-refractivity contribution in [3.8, 4) is 16.9 Å². The summed E-state index contributed by atoms with van der Waals surface area (Å²) in [5, 5.41) is 10.2. The maximum absolute atomic E-state index is 6.48. The summed E-state index contributed by atoms with van der Waals surface area (Å²) in [5.41, 5.74) is 6.25. The standard InChI is InChI=1S/C30H25Cl3N4OS/c31-21-10-12-22(13-11-21)38-18-26-35-37-28(29(39)34-17-19-6-2-1-3-7-19)27(20-9-14-24(32)25(33)16-20)23-8-4-5-15-36(26)30(23)37/h1-3,6-7,9-14,16H,4-5,8,15,17-18H2,(H,34,39). The Morgan fingerprint density at radius 1 is 0.949 bits per heavy atom. The summed E-state index contributed by atoms with van der Waals surface area (Å²) < 4.78 is 10.4. The van der Waals surface area contributed by atoms with Gasteiger partial charge in [0.15, 0.2) is 5.82 Å². The SMILES string of the molecule is S=C(NCc1ccccc1)c1c(-c2ccc(Cl)c(Cl)c2)c2c3n(c(COc4ccc(Cl)cc4)nn13)CCCC2. The van der Waals surface area contributed by atoms with Crippen molar-refractivity contribution in [2.75, 3.05) is 0 Å². The van der Waals surface area contributed by atoms with Crippen molar-refractivity contribution in [2.45, 2.75) is 39.0 Å². The van der Waals surface area contributed by atoms with Crippen LogP contribution in [-0.2, 0) is 26.1 Å². The molecule has 0 bridgehead atoms. The third-order valence-electron chi connectivity index (χ3n) is 6.96. The smallest absolute Gasteiger partial charge is 0.169 e. The lowest BCUT2D eigenvalue weighted by molar-refractivity contribution is 0.288. The van der Waals surface area contributed by atoms with Crippen molar-refractivity contribution in [1.29, 1.82) is 0 Å². The number of aromatic nitrogens is 3. The number of hydrogen-bond donors (Lipinski definition) is 1. The van der Waals surface area contributed by atoms with Crippen LogP contribution < -0.4 is 10.1 Å². The summed E-state index contributed by atoms with van der Waals surface area (Å²) >= 11 is 24.8. The number of hydrogen-bond acceptors (Lipinski definition) is 3. The number of nitrogens with zero attached hydrogens (tertiary/aromatic N) is 3. The van der Waals surface area contributed by atoms with Gasteiger partial charge in [-0.05, 0) is 66.8 Å². The van der Waals surface area contributed by atoms with E-state index < -0.39 is 0 Å². The van der Waals surface area contributed by atoms with Gasteiger partial charge in [-0.2, -0.15) is 0 Å². The molecule has 5 aromatic rings. The van der Waals surface area contributed by atoms with Gasteiger partial charge in [0.25, 0.3) is 0 Å². The van der Waals surface area contributed by atoms with Crippen LogP contribution in [-0.4, -0.2) is 19.2 Å². The van der Waals surface area contributed by atoms with E-state index >= 15 is 0 Å². The second-order valence-corrected chi connectivity index (χ2v) is 11.2. The Bertz CT molecular complexity index is 1660. The second-order valence-electron chi connectivity index (χ2n) is 9.50. The summed E-state index contributed by atoms with van der Waals surface area (Å²) in [6.45, 7) is 1.79. The van der Waals surface area contributed by atoms with Crippen LogP contribution in [0.1, 0.15) is 35.5 Å². The van der Waals surface area contributed by atoms with Crippen LogP contribution in [0.2, 0.25) is 15.1 Å². The molecule has 39 heavy (non-hydrogen) atoms. The minimum absolute atomic E-state index is 0.328. The predicted octanol–water partition coefficient (Wildman–Crippen LogP) is 8.14. The molecule has 2 aromatic heterocycles. The summed E-state index contributed by atoms with van der Waals surface area (Å²) in [6, 6.07) is 23.3. The van der Waals surface area contributed by atoms with Crippen molar-refractivity contribution >= 4 is 57.7 Å². The lowest BCUT2D eigenvalue weighted by Gasteiger charge is -2.12. The molecule has 3 heterocycles. The highest BCUT2D eigenvalue weighted by atomic mass is 35.5. The molecule has 0 atom stereocenters. The van der Waals surface area contributed by atoms with Gasteiger partial charge in [-0.3, -0.25) is 0 Å². The summed E-state index contributed by atoms with van der Waals surface area (Å²) in [4.78, 5) is 0.622. The molecule has 1 aliphatic rings. The topological polar surface area (TPSA) is 43.5 Å². The van der Waals surface area contributed by atoms with Gasteiger partial charge >= 0.3 is 0 Å². The molecule has 0 saturated heterocycles. The van der Waals surface area contributed by atoms with Crippen LogP contribution in [0, 0.1) is 0 Å². The van der Waals surface area contributed by atoms with Crippen LogP contribution in [0.15, 0.2) is 72.8 Å². The number of nitrogens with one attached hydrogen (secondary N) is 1. The first kappa shape index (κ1) is 26.2. The molecule has 198 valence electrons. The number of benzene rings is 3. The molecule has 0 radical (unpaired) electrons. The molecule has 3 aromatic carbocycles. The van der Waals surface area contributed by atoms with Crippen molar-refractivity contribution in [1.82, 2.24) is 19.5 Å². The molecular formula is C30H25Cl3N4OS. The van der Waals surface area contributed by atoms with Gasteiger partial charge in [-0.25, -0.2) is 4.52 Å². The number of aryl methyl sites for hydroxylation is 2. The molecule has 1 aliphatic heterocycles. The zero-order valence-electron chi connectivity index (χ0n) is 21.0. The molecule has 1 N–H and O–H groups in total. The van der Waals surface area contributed by atoms with E-state index in [0.717, 1.165) is 65.4 Å². The fourth-order valence-electron chi connectivity index (χ4n) is 5.12. The number of rotatable bonds is 7. The van der Waals surface area contributed by atoms with E-state index in [1.807, 2.05) is 65.2 Å². The number of halogens is 3. The van der Waals surface area contributed by atoms with Crippen molar-refractivity contribution in [3.63, 3.8) is 0 Å². The summed E-state index contributed by atoms with van der Waals surface area (Å²) in [7, 11) is 0. The lowest BCUT2D eigenvalue weighted by Crippen LogP contribution is -2.24. The first-order chi connectivity index (χ1) is 19.0. The third kappa shape index (κ3) is 5.27. The zero-order chi connectivity index (χ0) is 26.9. The van der Waals surface area contributed by atoms with E-state index in [1.54, 1.807) is 0 Å². The molecule has 0 fully saturated rings.